The first-order valence-electron chi connectivity index (χ1n) is 19.9. The predicted molar refractivity (Wildman–Crippen MR) is 241 cm³/mol. The normalized spacial score (nSPS) is 16.4. The van der Waals surface area contributed by atoms with Crippen molar-refractivity contribution in [1.29, 1.82) is 0 Å². The molecule has 6 heterocycles. The minimum absolute atomic E-state index is 0.0166. The first-order valence-corrected chi connectivity index (χ1v) is 21.5. The average molecular weight is 805 g/mol. The number of aromatic nitrogens is 2. The van der Waals surface area contributed by atoms with E-state index in [1.165, 1.54) is 32.5 Å². The molecule has 288 valence electrons. The fourth-order valence-corrected chi connectivity index (χ4v) is 11.2. The summed E-state index contributed by atoms with van der Waals surface area (Å²) in [4.78, 5) is 45.4. The summed E-state index contributed by atoms with van der Waals surface area (Å²) in [6, 6.07) is 42.3. The minimum atomic E-state index is -0.0903. The van der Waals surface area contributed by atoms with Gasteiger partial charge < -0.3 is 9.80 Å². The van der Waals surface area contributed by atoms with Crippen LogP contribution in [0.4, 0.5) is 0 Å². The summed E-state index contributed by atoms with van der Waals surface area (Å²) in [5, 5.41) is 2.18. The number of pyridine rings is 2. The highest BCUT2D eigenvalue weighted by atomic mass is 32.1. The van der Waals surface area contributed by atoms with Crippen LogP contribution in [0.2, 0.25) is 0 Å². The van der Waals surface area contributed by atoms with E-state index in [9.17, 15) is 9.59 Å². The van der Waals surface area contributed by atoms with Gasteiger partial charge in [0.2, 0.25) is 11.8 Å². The topological polar surface area (TPSA) is 66.4 Å². The van der Waals surface area contributed by atoms with Crippen molar-refractivity contribution in [3.8, 4) is 22.3 Å². The fourth-order valence-electron chi connectivity index (χ4n) is 8.90. The van der Waals surface area contributed by atoms with Gasteiger partial charge in [-0.05, 0) is 88.9 Å². The molecule has 6 nitrogen and oxygen atoms in total. The van der Waals surface area contributed by atoms with Crippen molar-refractivity contribution in [2.24, 2.45) is 0 Å². The average Bonchev–Trinajstić information content (AvgIpc) is 3.89. The Kier molecular flexibility index (Phi) is 9.59. The largest absolute Gasteiger partial charge is 0.333 e. The highest BCUT2D eigenvalue weighted by Gasteiger charge is 2.33. The van der Waals surface area contributed by atoms with Crippen LogP contribution in [0.15, 0.2) is 152 Å². The monoisotopic (exact) mass is 804 g/mol. The van der Waals surface area contributed by atoms with Crippen molar-refractivity contribution in [2.45, 2.75) is 31.8 Å². The van der Waals surface area contributed by atoms with E-state index in [-0.39, 0.29) is 23.7 Å². The van der Waals surface area contributed by atoms with E-state index in [0.717, 1.165) is 59.4 Å². The lowest BCUT2D eigenvalue weighted by Crippen LogP contribution is -2.37. The van der Waals surface area contributed by atoms with Crippen molar-refractivity contribution in [3.05, 3.63) is 194 Å². The van der Waals surface area contributed by atoms with Crippen LogP contribution in [-0.2, 0) is 22.7 Å². The molecular weight excluding hydrogens is 765 g/mol. The molecule has 0 fully saturated rings. The summed E-state index contributed by atoms with van der Waals surface area (Å²) in [6.45, 7) is 8.14. The quantitative estimate of drug-likeness (QED) is 0.151. The van der Waals surface area contributed by atoms with Crippen molar-refractivity contribution in [1.82, 2.24) is 19.8 Å². The molecule has 8 heteroatoms. The third kappa shape index (κ3) is 6.98. The third-order valence-corrected chi connectivity index (χ3v) is 13.9. The number of thiophene rings is 2. The Morgan fingerprint density at radius 1 is 0.627 bits per heavy atom. The molecule has 0 unspecified atom stereocenters. The van der Waals surface area contributed by atoms with Crippen LogP contribution in [0.3, 0.4) is 0 Å². The van der Waals surface area contributed by atoms with Crippen LogP contribution in [-0.4, -0.2) is 44.7 Å². The van der Waals surface area contributed by atoms with Gasteiger partial charge in [0.1, 0.15) is 0 Å². The molecule has 2 atom stereocenters. The van der Waals surface area contributed by atoms with E-state index in [1.54, 1.807) is 28.7 Å². The number of hydrogen-bond donors (Lipinski definition) is 0. The van der Waals surface area contributed by atoms with E-state index in [0.29, 0.717) is 26.2 Å². The summed E-state index contributed by atoms with van der Waals surface area (Å²) in [5.41, 5.74) is 11.1. The molecule has 0 spiro atoms. The van der Waals surface area contributed by atoms with Gasteiger partial charge in [0.05, 0.1) is 24.1 Å². The first kappa shape index (κ1) is 36.8. The van der Waals surface area contributed by atoms with E-state index >= 15 is 0 Å². The Balaban J connectivity index is 0.961. The van der Waals surface area contributed by atoms with Gasteiger partial charge in [0, 0.05) is 84.8 Å². The highest BCUT2D eigenvalue weighted by molar-refractivity contribution is 7.13. The van der Waals surface area contributed by atoms with Gasteiger partial charge in [0.15, 0.2) is 0 Å². The second-order valence-electron chi connectivity index (χ2n) is 15.4. The molecule has 0 radical (unpaired) electrons. The van der Waals surface area contributed by atoms with Gasteiger partial charge in [0.25, 0.3) is 0 Å². The van der Waals surface area contributed by atoms with E-state index in [1.807, 2.05) is 64.7 Å². The fraction of sp³-hybridized carbons (Fsp3) is 0.137. The molecule has 0 bridgehead atoms. The van der Waals surface area contributed by atoms with Gasteiger partial charge in [-0.25, -0.2) is 0 Å². The number of carbonyl (C=O) groups is 2. The molecule has 2 aliphatic rings. The Morgan fingerprint density at radius 3 is 1.73 bits per heavy atom. The van der Waals surface area contributed by atoms with Crippen molar-refractivity contribution >= 4 is 62.4 Å². The molecular formula is C51H40N4O2S2. The van der Waals surface area contributed by atoms with Gasteiger partial charge in [-0.15, -0.1) is 22.7 Å². The van der Waals surface area contributed by atoms with Crippen molar-refractivity contribution in [3.63, 3.8) is 0 Å². The Labute approximate surface area is 351 Å². The van der Waals surface area contributed by atoms with Gasteiger partial charge in [-0.3, -0.25) is 19.6 Å². The van der Waals surface area contributed by atoms with E-state index < -0.39 is 0 Å². The van der Waals surface area contributed by atoms with E-state index in [2.05, 4.69) is 98.4 Å². The van der Waals surface area contributed by atoms with E-state index in [4.69, 9.17) is 9.97 Å². The predicted octanol–water partition coefficient (Wildman–Crippen LogP) is 11.4. The summed E-state index contributed by atoms with van der Waals surface area (Å²) in [7, 11) is 0. The molecule has 0 saturated heterocycles. The number of amides is 2. The standard InChI is InChI=1S/C51H40N4O2S2/c1-3-50(56)54-28-45(41-17-9-7-15-39(41)36-24-34-13-5-11-19-47(34)53-27-36)43-25-37(59-49(43)31-54)20-21-51(57)55-29-44(42-22-32(2)58-48(42)30-55)40-16-8-6-14-38(40)35-23-33-12-4-10-18-46(33)52-26-35/h3-27,44-45H,1,28-31H2,2H3/t44-,45+/m1/s1. The number of carbonyl (C=O) groups excluding carboxylic acids is 2. The molecule has 0 N–H and O–H groups in total. The number of fused-ring (bicyclic) bond motifs is 4. The minimum Gasteiger partial charge on any atom is -0.333 e. The number of benzene rings is 4. The van der Waals surface area contributed by atoms with Crippen LogP contribution in [0.5, 0.6) is 0 Å². The molecule has 59 heavy (non-hydrogen) atoms. The summed E-state index contributed by atoms with van der Waals surface area (Å²) < 4.78 is 0. The molecule has 10 rings (SSSR count). The lowest BCUT2D eigenvalue weighted by molar-refractivity contribution is -0.127. The number of rotatable bonds is 7. The lowest BCUT2D eigenvalue weighted by atomic mass is 9.83. The van der Waals surface area contributed by atoms with Crippen molar-refractivity contribution < 1.29 is 9.59 Å². The Bertz CT molecular complexity index is 2980. The molecule has 2 aliphatic heterocycles. The Morgan fingerprint density at radius 2 is 1.14 bits per heavy atom. The number of hydrogen-bond acceptors (Lipinski definition) is 6. The van der Waals surface area contributed by atoms with Crippen LogP contribution in [0.1, 0.15) is 53.6 Å². The van der Waals surface area contributed by atoms with Gasteiger partial charge in [-0.1, -0.05) is 91.5 Å². The molecule has 2 amide bonds. The zero-order chi connectivity index (χ0) is 40.0. The van der Waals surface area contributed by atoms with Gasteiger partial charge >= 0.3 is 0 Å². The summed E-state index contributed by atoms with van der Waals surface area (Å²) >= 11 is 3.42. The van der Waals surface area contributed by atoms with Crippen LogP contribution in [0, 0.1) is 6.92 Å². The number of nitrogens with zero attached hydrogens (tertiary/aromatic N) is 4. The van der Waals surface area contributed by atoms with Crippen LogP contribution < -0.4 is 0 Å². The maximum absolute atomic E-state index is 14.2. The van der Waals surface area contributed by atoms with Crippen LogP contribution in [0.25, 0.3) is 50.1 Å². The van der Waals surface area contributed by atoms with Crippen LogP contribution >= 0.6 is 22.7 Å². The summed E-state index contributed by atoms with van der Waals surface area (Å²) in [5.74, 6) is -0.157. The smallest absolute Gasteiger partial charge is 0.246 e. The molecule has 0 aliphatic carbocycles. The zero-order valence-corrected chi connectivity index (χ0v) is 34.2. The van der Waals surface area contributed by atoms with Crippen molar-refractivity contribution in [2.75, 3.05) is 13.1 Å². The second kappa shape index (κ2) is 15.4. The first-order chi connectivity index (χ1) is 28.9. The third-order valence-electron chi connectivity index (χ3n) is 11.7. The number of para-hydroxylation sites is 2. The number of aryl methyl sites for hydroxylation is 1. The lowest BCUT2D eigenvalue weighted by Gasteiger charge is -2.33. The zero-order valence-electron chi connectivity index (χ0n) is 32.5. The molecule has 8 aromatic rings. The second-order valence-corrected chi connectivity index (χ2v) is 17.9. The summed E-state index contributed by atoms with van der Waals surface area (Å²) in [6.07, 6.45) is 9.00. The maximum Gasteiger partial charge on any atom is 0.246 e. The highest BCUT2D eigenvalue weighted by Crippen LogP contribution is 2.44. The SMILES string of the molecule is C=CC(=O)N1Cc2sc(C=CC(=O)N3Cc4sc(C)cc4[C@@H](c4ccccc4-c4cnc5ccccc5c4)C3)cc2[C@H](c2ccccc2-c2cnc3ccccc3c2)C1. The molecule has 0 saturated carbocycles. The van der Waals surface area contributed by atoms with Gasteiger partial charge in [-0.2, -0.15) is 0 Å². The Hall–Kier alpha value is -6.48. The molecule has 4 aromatic heterocycles. The maximum atomic E-state index is 14.2. The molecule has 4 aromatic carbocycles.